The van der Waals surface area contributed by atoms with Crippen molar-refractivity contribution in [1.29, 1.82) is 0 Å². The number of rotatable bonds is 5. The molecule has 1 aromatic rings. The van der Waals surface area contributed by atoms with Gasteiger partial charge >= 0.3 is 12.0 Å². The van der Waals surface area contributed by atoms with Crippen molar-refractivity contribution in [2.24, 2.45) is 0 Å². The molecule has 2 amide bonds. The van der Waals surface area contributed by atoms with Crippen molar-refractivity contribution in [2.45, 2.75) is 6.42 Å². The Morgan fingerprint density at radius 3 is 2.76 bits per heavy atom. The Kier molecular flexibility index (Phi) is 5.24. The van der Waals surface area contributed by atoms with Crippen LogP contribution in [0.4, 0.5) is 4.79 Å². The van der Waals surface area contributed by atoms with Crippen LogP contribution in [-0.2, 0) is 11.2 Å². The summed E-state index contributed by atoms with van der Waals surface area (Å²) in [6.07, 6.45) is 0.685. The molecule has 0 radical (unpaired) electrons. The number of carboxylic acid groups (broad SMARTS) is 1. The highest BCUT2D eigenvalue weighted by Gasteiger charge is 2.10. The number of urea groups is 1. The molecule has 2 N–H and O–H groups in total. The number of thiophene rings is 1. The van der Waals surface area contributed by atoms with Gasteiger partial charge in [-0.05, 0) is 18.6 Å². The number of hydrogen-bond donors (Lipinski definition) is 2. The molecule has 94 valence electrons. The molecule has 0 fully saturated rings. The van der Waals surface area contributed by atoms with Crippen molar-refractivity contribution >= 4 is 34.9 Å². The highest BCUT2D eigenvalue weighted by molar-refractivity contribution is 7.16. The molecule has 0 unspecified atom stereocenters. The van der Waals surface area contributed by atoms with Crippen LogP contribution in [0.1, 0.15) is 4.88 Å². The topological polar surface area (TPSA) is 69.6 Å². The fourth-order valence-electron chi connectivity index (χ4n) is 1.19. The highest BCUT2D eigenvalue weighted by atomic mass is 35.5. The zero-order valence-electron chi connectivity index (χ0n) is 9.27. The summed E-state index contributed by atoms with van der Waals surface area (Å²) >= 11 is 7.23. The van der Waals surface area contributed by atoms with Gasteiger partial charge in [0.2, 0.25) is 0 Å². The summed E-state index contributed by atoms with van der Waals surface area (Å²) in [6, 6.07) is 3.31. The van der Waals surface area contributed by atoms with Crippen LogP contribution in [0.25, 0.3) is 0 Å². The first-order chi connectivity index (χ1) is 7.99. The molecule has 0 aliphatic carbocycles. The number of halogens is 1. The van der Waals surface area contributed by atoms with E-state index >= 15 is 0 Å². The molecule has 0 saturated carbocycles. The Labute approximate surface area is 108 Å². The largest absolute Gasteiger partial charge is 0.480 e. The average Bonchev–Trinajstić information content (AvgIpc) is 2.63. The second kappa shape index (κ2) is 6.46. The predicted octanol–water partition coefficient (Wildman–Crippen LogP) is 1.67. The first-order valence-corrected chi connectivity index (χ1v) is 6.13. The lowest BCUT2D eigenvalue weighted by atomic mass is 10.3. The molecule has 17 heavy (non-hydrogen) atoms. The van der Waals surface area contributed by atoms with E-state index < -0.39 is 12.0 Å². The van der Waals surface area contributed by atoms with Crippen molar-refractivity contribution in [3.05, 3.63) is 21.3 Å². The van der Waals surface area contributed by atoms with Gasteiger partial charge in [-0.15, -0.1) is 11.3 Å². The molecule has 0 saturated heterocycles. The zero-order chi connectivity index (χ0) is 12.8. The molecule has 1 heterocycles. The van der Waals surface area contributed by atoms with E-state index in [0.717, 1.165) is 9.78 Å². The number of amides is 2. The lowest BCUT2D eigenvalue weighted by Gasteiger charge is -2.15. The number of carbonyl (C=O) groups excluding carboxylic acids is 1. The third-order valence-corrected chi connectivity index (χ3v) is 3.29. The minimum Gasteiger partial charge on any atom is -0.480 e. The summed E-state index contributed by atoms with van der Waals surface area (Å²) in [7, 11) is 1.44. The highest BCUT2D eigenvalue weighted by Crippen LogP contribution is 2.21. The van der Waals surface area contributed by atoms with Crippen molar-refractivity contribution in [3.8, 4) is 0 Å². The van der Waals surface area contributed by atoms with Gasteiger partial charge in [-0.3, -0.25) is 4.79 Å². The fourth-order valence-corrected chi connectivity index (χ4v) is 2.28. The van der Waals surface area contributed by atoms with Gasteiger partial charge in [0.05, 0.1) is 4.34 Å². The van der Waals surface area contributed by atoms with E-state index in [1.165, 1.54) is 18.4 Å². The van der Waals surface area contributed by atoms with Gasteiger partial charge in [0.1, 0.15) is 6.54 Å². The van der Waals surface area contributed by atoms with Crippen LogP contribution in [0, 0.1) is 0 Å². The van der Waals surface area contributed by atoms with E-state index in [1.54, 1.807) is 6.07 Å². The SMILES string of the molecule is CN(CC(=O)O)C(=O)NCCc1ccc(Cl)s1. The molecule has 0 bridgehead atoms. The Morgan fingerprint density at radius 1 is 1.53 bits per heavy atom. The number of aliphatic carboxylic acids is 1. The molecular formula is C10H13ClN2O3S. The number of nitrogens with one attached hydrogen (secondary N) is 1. The molecule has 0 spiro atoms. The molecule has 1 rings (SSSR count). The zero-order valence-corrected chi connectivity index (χ0v) is 10.8. The van der Waals surface area contributed by atoms with Crippen LogP contribution in [0.3, 0.4) is 0 Å². The summed E-state index contributed by atoms with van der Waals surface area (Å²) in [6.45, 7) is 0.149. The van der Waals surface area contributed by atoms with E-state index in [-0.39, 0.29) is 6.54 Å². The quantitative estimate of drug-likeness (QED) is 0.859. The number of carbonyl (C=O) groups is 2. The van der Waals surface area contributed by atoms with E-state index in [2.05, 4.69) is 5.32 Å². The first kappa shape index (κ1) is 13.8. The monoisotopic (exact) mass is 276 g/mol. The maximum atomic E-state index is 11.4. The smallest absolute Gasteiger partial charge is 0.323 e. The summed E-state index contributed by atoms with van der Waals surface area (Å²) in [5.74, 6) is -1.03. The first-order valence-electron chi connectivity index (χ1n) is 4.94. The van der Waals surface area contributed by atoms with Gasteiger partial charge in [0.15, 0.2) is 0 Å². The summed E-state index contributed by atoms with van der Waals surface area (Å²) in [5.41, 5.74) is 0. The van der Waals surface area contributed by atoms with E-state index in [1.807, 2.05) is 6.07 Å². The number of nitrogens with zero attached hydrogens (tertiary/aromatic N) is 1. The number of likely N-dealkylation sites (N-methyl/N-ethyl adjacent to an activating group) is 1. The van der Waals surface area contributed by atoms with Gasteiger partial charge in [0, 0.05) is 18.5 Å². The van der Waals surface area contributed by atoms with Crippen molar-refractivity contribution in [1.82, 2.24) is 10.2 Å². The average molecular weight is 277 g/mol. The maximum Gasteiger partial charge on any atom is 0.323 e. The van der Waals surface area contributed by atoms with Crippen LogP contribution in [-0.4, -0.2) is 42.1 Å². The van der Waals surface area contributed by atoms with Gasteiger partial charge in [-0.25, -0.2) is 4.79 Å². The number of carboxylic acids is 1. The third kappa shape index (κ3) is 5.06. The van der Waals surface area contributed by atoms with Crippen LogP contribution in [0.2, 0.25) is 4.34 Å². The minimum absolute atomic E-state index is 0.309. The molecule has 0 atom stereocenters. The Balaban J connectivity index is 2.26. The van der Waals surface area contributed by atoms with E-state index in [4.69, 9.17) is 16.7 Å². The fraction of sp³-hybridized carbons (Fsp3) is 0.400. The van der Waals surface area contributed by atoms with Crippen LogP contribution in [0.15, 0.2) is 12.1 Å². The second-order valence-corrected chi connectivity index (χ2v) is 5.24. The minimum atomic E-state index is -1.03. The Hall–Kier alpha value is -1.27. The molecule has 1 aromatic heterocycles. The lowest BCUT2D eigenvalue weighted by Crippen LogP contribution is -2.40. The Bertz CT molecular complexity index is 408. The molecule has 0 aliphatic heterocycles. The van der Waals surface area contributed by atoms with Gasteiger partial charge in [-0.2, -0.15) is 0 Å². The summed E-state index contributed by atoms with van der Waals surface area (Å²) < 4.78 is 0.717. The molecule has 0 aromatic carbocycles. The number of hydrogen-bond acceptors (Lipinski definition) is 3. The van der Waals surface area contributed by atoms with Crippen molar-refractivity contribution < 1.29 is 14.7 Å². The van der Waals surface area contributed by atoms with Crippen LogP contribution < -0.4 is 5.32 Å². The molecular weight excluding hydrogens is 264 g/mol. The molecule has 0 aliphatic rings. The summed E-state index contributed by atoms with van der Waals surface area (Å²) in [4.78, 5) is 24.0. The standard InChI is InChI=1S/C10H13ClN2O3S/c1-13(6-9(14)15)10(16)12-5-4-7-2-3-8(11)17-7/h2-3H,4-6H2,1H3,(H,12,16)(H,14,15). The van der Waals surface area contributed by atoms with Gasteiger partial charge in [0.25, 0.3) is 0 Å². The third-order valence-electron chi connectivity index (χ3n) is 2.00. The van der Waals surface area contributed by atoms with E-state index in [9.17, 15) is 9.59 Å². The maximum absolute atomic E-state index is 11.4. The van der Waals surface area contributed by atoms with Crippen molar-refractivity contribution in [2.75, 3.05) is 20.1 Å². The summed E-state index contributed by atoms with van der Waals surface area (Å²) in [5, 5.41) is 11.1. The Morgan fingerprint density at radius 2 is 2.24 bits per heavy atom. The van der Waals surface area contributed by atoms with Gasteiger partial charge < -0.3 is 15.3 Å². The molecule has 7 heteroatoms. The second-order valence-electron chi connectivity index (χ2n) is 3.44. The predicted molar refractivity (Wildman–Crippen MR) is 66.7 cm³/mol. The van der Waals surface area contributed by atoms with Gasteiger partial charge in [-0.1, -0.05) is 11.6 Å². The normalized spacial score (nSPS) is 10.0. The van der Waals surface area contributed by atoms with Crippen LogP contribution in [0.5, 0.6) is 0 Å². The van der Waals surface area contributed by atoms with Crippen molar-refractivity contribution in [3.63, 3.8) is 0 Å². The van der Waals surface area contributed by atoms with Crippen LogP contribution >= 0.6 is 22.9 Å². The lowest BCUT2D eigenvalue weighted by molar-refractivity contribution is -0.137. The molecule has 5 nitrogen and oxygen atoms in total. The van der Waals surface area contributed by atoms with E-state index in [0.29, 0.717) is 17.3 Å².